The molecule has 0 saturated heterocycles. The monoisotopic (exact) mass is 208 g/mol. The van der Waals surface area contributed by atoms with Crippen LogP contribution in [0.5, 0.6) is 0 Å². The average Bonchev–Trinajstić information content (AvgIpc) is 2.18. The van der Waals surface area contributed by atoms with Crippen molar-refractivity contribution in [2.45, 2.75) is 32.8 Å². The van der Waals surface area contributed by atoms with Crippen LogP contribution in [-0.2, 0) is 5.60 Å². The van der Waals surface area contributed by atoms with Crippen molar-refractivity contribution in [3.8, 4) is 0 Å². The zero-order valence-electron chi connectivity index (χ0n) is 9.75. The molecule has 1 heterocycles. The van der Waals surface area contributed by atoms with Crippen LogP contribution in [0.25, 0.3) is 0 Å². The Morgan fingerprint density at radius 1 is 1.53 bits per heavy atom. The molecule has 1 atom stereocenters. The Morgan fingerprint density at radius 3 is 2.87 bits per heavy atom. The minimum atomic E-state index is -0.840. The molecule has 0 saturated carbocycles. The van der Waals surface area contributed by atoms with Crippen LogP contribution in [-0.4, -0.2) is 23.2 Å². The zero-order chi connectivity index (χ0) is 11.3. The van der Waals surface area contributed by atoms with Gasteiger partial charge in [-0.15, -0.1) is 0 Å². The molecule has 15 heavy (non-hydrogen) atoms. The molecule has 1 aromatic heterocycles. The predicted octanol–water partition coefficient (Wildman–Crippen LogP) is 1.60. The van der Waals surface area contributed by atoms with Crippen LogP contribution < -0.4 is 5.32 Å². The smallest absolute Gasteiger partial charge is 0.101 e. The maximum absolute atomic E-state index is 10.3. The summed E-state index contributed by atoms with van der Waals surface area (Å²) in [7, 11) is 0. The molecule has 0 fully saturated rings. The first-order valence-electron chi connectivity index (χ1n) is 5.42. The van der Waals surface area contributed by atoms with E-state index in [1.807, 2.05) is 19.9 Å². The van der Waals surface area contributed by atoms with Crippen LogP contribution in [0.3, 0.4) is 0 Å². The number of nitrogens with zero attached hydrogens (tertiary/aromatic N) is 1. The molecule has 1 unspecified atom stereocenters. The number of hydrogen-bond acceptors (Lipinski definition) is 3. The second-order valence-electron chi connectivity index (χ2n) is 4.14. The minimum Gasteiger partial charge on any atom is -0.384 e. The van der Waals surface area contributed by atoms with E-state index in [0.29, 0.717) is 6.54 Å². The van der Waals surface area contributed by atoms with Crippen molar-refractivity contribution in [1.82, 2.24) is 10.3 Å². The van der Waals surface area contributed by atoms with Crippen LogP contribution in [0.2, 0.25) is 0 Å². The van der Waals surface area contributed by atoms with Gasteiger partial charge >= 0.3 is 0 Å². The Hall–Kier alpha value is -0.930. The van der Waals surface area contributed by atoms with E-state index in [2.05, 4.69) is 17.2 Å². The van der Waals surface area contributed by atoms with Crippen molar-refractivity contribution in [3.05, 3.63) is 29.6 Å². The third-order valence-electron chi connectivity index (χ3n) is 2.52. The van der Waals surface area contributed by atoms with Crippen molar-refractivity contribution < 1.29 is 5.11 Å². The molecule has 3 heteroatoms. The number of hydrogen-bond donors (Lipinski definition) is 2. The molecule has 0 aliphatic heterocycles. The normalized spacial score (nSPS) is 14.9. The molecular formula is C12H20N2O. The van der Waals surface area contributed by atoms with E-state index in [4.69, 9.17) is 0 Å². The van der Waals surface area contributed by atoms with E-state index in [1.54, 1.807) is 12.4 Å². The van der Waals surface area contributed by atoms with Gasteiger partial charge in [0, 0.05) is 24.5 Å². The zero-order valence-corrected chi connectivity index (χ0v) is 9.75. The first-order chi connectivity index (χ1) is 7.08. The molecule has 1 rings (SSSR count). The molecule has 0 aromatic carbocycles. The number of aliphatic hydroxyl groups is 1. The average molecular weight is 208 g/mol. The quantitative estimate of drug-likeness (QED) is 0.722. The molecule has 0 bridgehead atoms. The third kappa shape index (κ3) is 3.29. The fourth-order valence-corrected chi connectivity index (χ4v) is 1.63. The Morgan fingerprint density at radius 2 is 2.27 bits per heavy atom. The number of nitrogens with one attached hydrogen (secondary N) is 1. The largest absolute Gasteiger partial charge is 0.384 e. The maximum Gasteiger partial charge on any atom is 0.101 e. The minimum absolute atomic E-state index is 0.563. The molecule has 1 aromatic rings. The van der Waals surface area contributed by atoms with Gasteiger partial charge in [-0.3, -0.25) is 4.98 Å². The Balaban J connectivity index is 2.72. The lowest BCUT2D eigenvalue weighted by Crippen LogP contribution is -2.36. The fraction of sp³-hybridized carbons (Fsp3) is 0.583. The highest BCUT2D eigenvalue weighted by Crippen LogP contribution is 2.21. The van der Waals surface area contributed by atoms with Crippen LogP contribution in [0.1, 0.15) is 31.4 Å². The van der Waals surface area contributed by atoms with Crippen LogP contribution >= 0.6 is 0 Å². The van der Waals surface area contributed by atoms with Gasteiger partial charge in [0.2, 0.25) is 0 Å². The van der Waals surface area contributed by atoms with Gasteiger partial charge < -0.3 is 10.4 Å². The first kappa shape index (κ1) is 12.1. The summed E-state index contributed by atoms with van der Waals surface area (Å²) < 4.78 is 0. The van der Waals surface area contributed by atoms with E-state index in [0.717, 1.165) is 24.1 Å². The second-order valence-corrected chi connectivity index (χ2v) is 4.14. The van der Waals surface area contributed by atoms with E-state index in [9.17, 15) is 5.11 Å². The summed E-state index contributed by atoms with van der Waals surface area (Å²) in [5, 5.41) is 13.5. The highest BCUT2D eigenvalue weighted by atomic mass is 16.3. The van der Waals surface area contributed by atoms with E-state index >= 15 is 0 Å². The topological polar surface area (TPSA) is 45.1 Å². The Labute approximate surface area is 91.5 Å². The van der Waals surface area contributed by atoms with Gasteiger partial charge in [0.1, 0.15) is 5.60 Å². The Bertz CT molecular complexity index is 310. The Kier molecular flexibility index (Phi) is 4.24. The molecule has 2 N–H and O–H groups in total. The van der Waals surface area contributed by atoms with Gasteiger partial charge in [-0.1, -0.05) is 6.92 Å². The lowest BCUT2D eigenvalue weighted by Gasteiger charge is -2.25. The fourth-order valence-electron chi connectivity index (χ4n) is 1.63. The van der Waals surface area contributed by atoms with Gasteiger partial charge in [0.05, 0.1) is 0 Å². The molecule has 0 radical (unpaired) electrons. The number of aryl methyl sites for hydroxylation is 1. The van der Waals surface area contributed by atoms with Crippen molar-refractivity contribution in [2.24, 2.45) is 0 Å². The van der Waals surface area contributed by atoms with Gasteiger partial charge in [-0.05, 0) is 38.4 Å². The number of aromatic nitrogens is 1. The summed E-state index contributed by atoms with van der Waals surface area (Å²) in [6, 6.07) is 1.92. The molecule has 0 aliphatic carbocycles. The maximum atomic E-state index is 10.3. The molecule has 84 valence electrons. The van der Waals surface area contributed by atoms with Crippen molar-refractivity contribution >= 4 is 0 Å². The van der Waals surface area contributed by atoms with Crippen LogP contribution in [0.4, 0.5) is 0 Å². The van der Waals surface area contributed by atoms with Crippen LogP contribution in [0.15, 0.2) is 18.5 Å². The summed E-state index contributed by atoms with van der Waals surface area (Å²) in [6.45, 7) is 7.41. The summed E-state index contributed by atoms with van der Waals surface area (Å²) >= 11 is 0. The SMILES string of the molecule is CCCNCC(C)(O)c1cnccc1C. The second kappa shape index (κ2) is 5.24. The summed E-state index contributed by atoms with van der Waals surface area (Å²) in [5.74, 6) is 0. The first-order valence-corrected chi connectivity index (χ1v) is 5.42. The summed E-state index contributed by atoms with van der Waals surface area (Å²) in [6.07, 6.45) is 4.56. The molecule has 3 nitrogen and oxygen atoms in total. The highest BCUT2D eigenvalue weighted by Gasteiger charge is 2.24. The van der Waals surface area contributed by atoms with Gasteiger partial charge in [0.15, 0.2) is 0 Å². The van der Waals surface area contributed by atoms with E-state index < -0.39 is 5.60 Å². The van der Waals surface area contributed by atoms with Gasteiger partial charge in [0.25, 0.3) is 0 Å². The molecular weight excluding hydrogens is 188 g/mol. The predicted molar refractivity (Wildman–Crippen MR) is 61.7 cm³/mol. The number of rotatable bonds is 5. The van der Waals surface area contributed by atoms with Crippen molar-refractivity contribution in [1.29, 1.82) is 0 Å². The van der Waals surface area contributed by atoms with E-state index in [-0.39, 0.29) is 0 Å². The standard InChI is InChI=1S/C12H20N2O/c1-4-6-14-9-12(3,15)11-8-13-7-5-10(11)2/h5,7-8,14-15H,4,6,9H2,1-3H3. The number of pyridine rings is 1. The van der Waals surface area contributed by atoms with Crippen molar-refractivity contribution in [3.63, 3.8) is 0 Å². The third-order valence-corrected chi connectivity index (χ3v) is 2.52. The molecule has 0 spiro atoms. The molecule has 0 aliphatic rings. The van der Waals surface area contributed by atoms with Crippen LogP contribution in [0, 0.1) is 6.92 Å². The lowest BCUT2D eigenvalue weighted by molar-refractivity contribution is 0.0562. The van der Waals surface area contributed by atoms with Gasteiger partial charge in [-0.25, -0.2) is 0 Å². The van der Waals surface area contributed by atoms with Crippen molar-refractivity contribution in [2.75, 3.05) is 13.1 Å². The highest BCUT2D eigenvalue weighted by molar-refractivity contribution is 5.27. The van der Waals surface area contributed by atoms with E-state index in [1.165, 1.54) is 0 Å². The van der Waals surface area contributed by atoms with Gasteiger partial charge in [-0.2, -0.15) is 0 Å². The lowest BCUT2D eigenvalue weighted by atomic mass is 9.94. The summed E-state index contributed by atoms with van der Waals surface area (Å²) in [5.41, 5.74) is 1.13. The molecule has 0 amide bonds. The summed E-state index contributed by atoms with van der Waals surface area (Å²) in [4.78, 5) is 4.05.